The summed E-state index contributed by atoms with van der Waals surface area (Å²) in [5.41, 5.74) is 0.741. The molecule has 0 aromatic heterocycles. The summed E-state index contributed by atoms with van der Waals surface area (Å²) in [6.45, 7) is 7.36. The largest absolute Gasteiger partial charge is 0.357 e. The average molecular weight is 381 g/mol. The maximum Gasteiger partial charge on any atom is 0.243 e. The predicted molar refractivity (Wildman–Crippen MR) is 107 cm³/mol. The zero-order valence-corrected chi connectivity index (χ0v) is 16.8. The van der Waals surface area contributed by atoms with E-state index in [0.29, 0.717) is 24.5 Å². The van der Waals surface area contributed by atoms with E-state index in [9.17, 15) is 8.42 Å². The van der Waals surface area contributed by atoms with E-state index < -0.39 is 10.0 Å². The molecular weight excluding hydrogens is 348 g/mol. The van der Waals surface area contributed by atoms with E-state index in [1.54, 1.807) is 16.4 Å². The van der Waals surface area contributed by atoms with Crippen LogP contribution < -0.4 is 10.6 Å². The van der Waals surface area contributed by atoms with Gasteiger partial charge in [-0.25, -0.2) is 13.4 Å². The fourth-order valence-electron chi connectivity index (χ4n) is 3.02. The van der Waals surface area contributed by atoms with Crippen molar-refractivity contribution in [1.29, 1.82) is 0 Å². The minimum Gasteiger partial charge on any atom is -0.357 e. The van der Waals surface area contributed by atoms with Crippen LogP contribution in [0.2, 0.25) is 0 Å². The van der Waals surface area contributed by atoms with Gasteiger partial charge < -0.3 is 10.6 Å². The molecule has 1 heterocycles. The van der Waals surface area contributed by atoms with Crippen LogP contribution in [0.1, 0.15) is 51.5 Å². The fourth-order valence-corrected chi connectivity index (χ4v) is 4.75. The fraction of sp³-hybridized carbons (Fsp3) is 0.632. The minimum absolute atomic E-state index is 0.338. The highest BCUT2D eigenvalue weighted by Crippen LogP contribution is 2.24. The van der Waals surface area contributed by atoms with Crippen molar-refractivity contribution < 1.29 is 8.42 Å². The Balaban J connectivity index is 2.18. The van der Waals surface area contributed by atoms with E-state index in [2.05, 4.69) is 22.5 Å². The summed E-state index contributed by atoms with van der Waals surface area (Å²) in [5, 5.41) is 6.50. The number of guanidine groups is 1. The molecule has 0 aliphatic carbocycles. The van der Waals surface area contributed by atoms with Crippen LogP contribution in [0.3, 0.4) is 0 Å². The van der Waals surface area contributed by atoms with E-state index in [-0.39, 0.29) is 0 Å². The zero-order chi connectivity index (χ0) is 18.8. The zero-order valence-electron chi connectivity index (χ0n) is 16.0. The summed E-state index contributed by atoms with van der Waals surface area (Å²) in [7, 11) is -3.45. The molecule has 1 aromatic rings. The molecule has 146 valence electrons. The molecule has 1 aromatic carbocycles. The highest BCUT2D eigenvalue weighted by atomic mass is 32.2. The first-order chi connectivity index (χ1) is 12.6. The lowest BCUT2D eigenvalue weighted by molar-refractivity contribution is 0.346. The van der Waals surface area contributed by atoms with Crippen molar-refractivity contribution in [2.24, 2.45) is 4.99 Å². The van der Waals surface area contributed by atoms with Crippen LogP contribution in [0.25, 0.3) is 0 Å². The summed E-state index contributed by atoms with van der Waals surface area (Å²) < 4.78 is 27.7. The van der Waals surface area contributed by atoms with E-state index in [1.807, 2.05) is 19.1 Å². The monoisotopic (exact) mass is 380 g/mol. The highest BCUT2D eigenvalue weighted by molar-refractivity contribution is 7.89. The van der Waals surface area contributed by atoms with Crippen molar-refractivity contribution in [3.63, 3.8) is 0 Å². The smallest absolute Gasteiger partial charge is 0.243 e. The first-order valence-corrected chi connectivity index (χ1v) is 11.1. The topological polar surface area (TPSA) is 73.8 Å². The lowest BCUT2D eigenvalue weighted by Crippen LogP contribution is -2.38. The van der Waals surface area contributed by atoms with Gasteiger partial charge in [-0.1, -0.05) is 38.0 Å². The molecule has 2 N–H and O–H groups in total. The third-order valence-electron chi connectivity index (χ3n) is 4.48. The van der Waals surface area contributed by atoms with Crippen molar-refractivity contribution in [2.75, 3.05) is 26.2 Å². The average Bonchev–Trinajstić information content (AvgIpc) is 2.67. The maximum absolute atomic E-state index is 13.0. The molecule has 0 bridgehead atoms. The molecule has 1 aliphatic rings. The van der Waals surface area contributed by atoms with Gasteiger partial charge in [-0.15, -0.1) is 0 Å². The summed E-state index contributed by atoms with van der Waals surface area (Å²) >= 11 is 0. The van der Waals surface area contributed by atoms with Crippen LogP contribution in [0, 0.1) is 0 Å². The molecule has 1 fully saturated rings. The Morgan fingerprint density at radius 3 is 2.54 bits per heavy atom. The second-order valence-electron chi connectivity index (χ2n) is 6.55. The van der Waals surface area contributed by atoms with Gasteiger partial charge in [0.15, 0.2) is 5.96 Å². The van der Waals surface area contributed by atoms with Crippen LogP contribution in [-0.2, 0) is 16.6 Å². The Hall–Kier alpha value is -1.60. The SMILES string of the molecule is CCCCNC(=NCc1ccccc1S(=O)(=O)N1CCCCC1)NCC. The molecule has 1 aliphatic heterocycles. The van der Waals surface area contributed by atoms with Gasteiger partial charge in [0.25, 0.3) is 0 Å². The first kappa shape index (κ1) is 20.7. The van der Waals surface area contributed by atoms with Crippen LogP contribution in [-0.4, -0.2) is 44.9 Å². The second-order valence-corrected chi connectivity index (χ2v) is 8.45. The molecule has 0 atom stereocenters. The van der Waals surface area contributed by atoms with Gasteiger partial charge in [0.1, 0.15) is 0 Å². The number of benzene rings is 1. The standard InChI is InChI=1S/C19H32N4O2S/c1-3-5-13-21-19(20-4-2)22-16-17-11-7-8-12-18(17)26(24,25)23-14-9-6-10-15-23/h7-8,11-12H,3-6,9-10,13-16H2,1-2H3,(H2,20,21,22). The van der Waals surface area contributed by atoms with Gasteiger partial charge >= 0.3 is 0 Å². The van der Waals surface area contributed by atoms with Crippen LogP contribution in [0.5, 0.6) is 0 Å². The van der Waals surface area contributed by atoms with Crippen LogP contribution in [0.4, 0.5) is 0 Å². The normalized spacial score (nSPS) is 16.5. The lowest BCUT2D eigenvalue weighted by Gasteiger charge is -2.26. The van der Waals surface area contributed by atoms with Crippen molar-refractivity contribution in [2.45, 2.75) is 57.4 Å². The first-order valence-electron chi connectivity index (χ1n) is 9.69. The van der Waals surface area contributed by atoms with Gasteiger partial charge in [0.05, 0.1) is 11.4 Å². The van der Waals surface area contributed by atoms with Crippen molar-refractivity contribution in [3.8, 4) is 0 Å². The number of hydrogen-bond acceptors (Lipinski definition) is 3. The Bertz CT molecular complexity index is 683. The van der Waals surface area contributed by atoms with E-state index in [1.165, 1.54) is 0 Å². The number of nitrogens with one attached hydrogen (secondary N) is 2. The summed E-state index contributed by atoms with van der Waals surface area (Å²) in [6, 6.07) is 7.22. The third-order valence-corrected chi connectivity index (χ3v) is 6.48. The summed E-state index contributed by atoms with van der Waals surface area (Å²) in [6.07, 6.45) is 5.16. The molecule has 2 rings (SSSR count). The van der Waals surface area contributed by atoms with Crippen molar-refractivity contribution in [1.82, 2.24) is 14.9 Å². The molecule has 7 heteroatoms. The van der Waals surface area contributed by atoms with Gasteiger partial charge in [0.2, 0.25) is 10.0 Å². The molecule has 0 spiro atoms. The van der Waals surface area contributed by atoms with Crippen molar-refractivity contribution in [3.05, 3.63) is 29.8 Å². The molecule has 0 unspecified atom stereocenters. The van der Waals surface area contributed by atoms with Crippen LogP contribution >= 0.6 is 0 Å². The number of aliphatic imine (C=N–C) groups is 1. The Labute approximate surface area is 158 Å². The molecular formula is C19H32N4O2S. The number of nitrogens with zero attached hydrogens (tertiary/aromatic N) is 2. The van der Waals surface area contributed by atoms with E-state index in [4.69, 9.17) is 0 Å². The number of unbranched alkanes of at least 4 members (excludes halogenated alkanes) is 1. The summed E-state index contributed by atoms with van der Waals surface area (Å²) in [5.74, 6) is 0.728. The molecule has 6 nitrogen and oxygen atoms in total. The Kier molecular flexibility index (Phi) is 8.38. The highest BCUT2D eigenvalue weighted by Gasteiger charge is 2.27. The molecule has 0 radical (unpaired) electrons. The molecule has 0 amide bonds. The van der Waals surface area contributed by atoms with Gasteiger partial charge in [0, 0.05) is 26.2 Å². The Morgan fingerprint density at radius 1 is 1.12 bits per heavy atom. The minimum atomic E-state index is -3.45. The van der Waals surface area contributed by atoms with Crippen molar-refractivity contribution >= 4 is 16.0 Å². The number of piperidine rings is 1. The quantitative estimate of drug-likeness (QED) is 0.413. The molecule has 0 saturated carbocycles. The number of sulfonamides is 1. The second kappa shape index (κ2) is 10.5. The van der Waals surface area contributed by atoms with Gasteiger partial charge in [-0.2, -0.15) is 4.31 Å². The number of rotatable bonds is 8. The van der Waals surface area contributed by atoms with Gasteiger partial charge in [-0.05, 0) is 37.8 Å². The van der Waals surface area contributed by atoms with Crippen LogP contribution in [0.15, 0.2) is 34.2 Å². The van der Waals surface area contributed by atoms with E-state index in [0.717, 1.165) is 56.7 Å². The predicted octanol–water partition coefficient (Wildman–Crippen LogP) is 2.72. The third kappa shape index (κ3) is 5.71. The van der Waals surface area contributed by atoms with Gasteiger partial charge in [-0.3, -0.25) is 0 Å². The molecule has 26 heavy (non-hydrogen) atoms. The summed E-state index contributed by atoms with van der Waals surface area (Å²) in [4.78, 5) is 4.97. The molecule has 1 saturated heterocycles. The maximum atomic E-state index is 13.0. The number of hydrogen-bond donors (Lipinski definition) is 2. The van der Waals surface area contributed by atoms with E-state index >= 15 is 0 Å². The Morgan fingerprint density at radius 2 is 1.85 bits per heavy atom. The lowest BCUT2D eigenvalue weighted by atomic mass is 10.2.